The number of thiophene rings is 1. The maximum atomic E-state index is 12.2. The molecule has 0 saturated carbocycles. The fourth-order valence-electron chi connectivity index (χ4n) is 3.11. The number of nitrogens with zero attached hydrogens (tertiary/aromatic N) is 1. The molecule has 5 heteroatoms. The van der Waals surface area contributed by atoms with Crippen LogP contribution in [0.25, 0.3) is 0 Å². The first-order chi connectivity index (χ1) is 9.56. The highest BCUT2D eigenvalue weighted by atomic mass is 32.1. The van der Waals surface area contributed by atoms with E-state index in [0.717, 1.165) is 25.8 Å². The van der Waals surface area contributed by atoms with Gasteiger partial charge in [-0.2, -0.15) is 0 Å². The molecule has 1 aliphatic rings. The Balaban J connectivity index is 2.31. The molecule has 112 valence electrons. The van der Waals surface area contributed by atoms with Crippen molar-refractivity contribution in [1.29, 1.82) is 0 Å². The van der Waals surface area contributed by atoms with Crippen LogP contribution in [-0.2, 0) is 4.79 Å². The average Bonchev–Trinajstić information content (AvgIpc) is 2.85. The third-order valence-corrected chi connectivity index (χ3v) is 5.21. The quantitative estimate of drug-likeness (QED) is 0.894. The van der Waals surface area contributed by atoms with Crippen LogP contribution in [0.1, 0.15) is 42.7 Å². The van der Waals surface area contributed by atoms with Gasteiger partial charge in [0, 0.05) is 18.0 Å². The predicted molar refractivity (Wildman–Crippen MR) is 83.9 cm³/mol. The molecular formula is C15H25N3OS. The van der Waals surface area contributed by atoms with Gasteiger partial charge in [0.1, 0.15) is 0 Å². The van der Waals surface area contributed by atoms with Gasteiger partial charge in [0.15, 0.2) is 0 Å². The minimum Gasteiger partial charge on any atom is -0.358 e. The van der Waals surface area contributed by atoms with E-state index in [1.54, 1.807) is 18.4 Å². The van der Waals surface area contributed by atoms with E-state index in [2.05, 4.69) is 28.6 Å². The molecule has 1 saturated heterocycles. The van der Waals surface area contributed by atoms with Gasteiger partial charge in [-0.3, -0.25) is 9.69 Å². The van der Waals surface area contributed by atoms with E-state index in [4.69, 9.17) is 5.73 Å². The summed E-state index contributed by atoms with van der Waals surface area (Å²) < 4.78 is 0. The first-order valence-electron chi connectivity index (χ1n) is 7.33. The highest BCUT2D eigenvalue weighted by Crippen LogP contribution is 2.35. The summed E-state index contributed by atoms with van der Waals surface area (Å²) >= 11 is 1.75. The smallest absolute Gasteiger partial charge is 0.237 e. The summed E-state index contributed by atoms with van der Waals surface area (Å²) in [5, 5.41) is 4.91. The Morgan fingerprint density at radius 1 is 1.55 bits per heavy atom. The van der Waals surface area contributed by atoms with Crippen LogP contribution in [0.3, 0.4) is 0 Å². The molecule has 0 radical (unpaired) electrons. The van der Waals surface area contributed by atoms with Gasteiger partial charge in [0.2, 0.25) is 5.91 Å². The lowest BCUT2D eigenvalue weighted by molar-refractivity contribution is -0.128. The first kappa shape index (κ1) is 15.5. The monoisotopic (exact) mass is 295 g/mol. The number of hydrogen-bond acceptors (Lipinski definition) is 4. The fourth-order valence-corrected chi connectivity index (χ4v) is 4.28. The molecule has 0 aliphatic carbocycles. The van der Waals surface area contributed by atoms with Crippen LogP contribution in [0, 0.1) is 6.92 Å². The van der Waals surface area contributed by atoms with Crippen molar-refractivity contribution >= 4 is 17.2 Å². The third kappa shape index (κ3) is 3.05. The summed E-state index contributed by atoms with van der Waals surface area (Å²) in [6, 6.07) is 2.23. The molecule has 4 nitrogen and oxygen atoms in total. The molecule has 3 unspecified atom stereocenters. The number of nitrogens with two attached hydrogens (primary N) is 1. The first-order valence-corrected chi connectivity index (χ1v) is 8.21. The summed E-state index contributed by atoms with van der Waals surface area (Å²) in [7, 11) is 1.71. The topological polar surface area (TPSA) is 58.4 Å². The van der Waals surface area contributed by atoms with Gasteiger partial charge < -0.3 is 11.1 Å². The third-order valence-electron chi connectivity index (χ3n) is 4.12. The molecule has 0 spiro atoms. The van der Waals surface area contributed by atoms with Crippen LogP contribution in [0.15, 0.2) is 11.4 Å². The molecule has 1 aromatic heterocycles. The lowest BCUT2D eigenvalue weighted by Crippen LogP contribution is -2.53. The van der Waals surface area contributed by atoms with Crippen molar-refractivity contribution in [2.24, 2.45) is 5.73 Å². The van der Waals surface area contributed by atoms with E-state index in [1.165, 1.54) is 10.4 Å². The highest BCUT2D eigenvalue weighted by Gasteiger charge is 2.36. The van der Waals surface area contributed by atoms with Gasteiger partial charge in [-0.25, -0.2) is 0 Å². The Bertz CT molecular complexity index is 458. The zero-order valence-corrected chi connectivity index (χ0v) is 13.4. The number of likely N-dealkylation sites (N-methyl/N-ethyl adjacent to an activating group) is 1. The van der Waals surface area contributed by atoms with Crippen molar-refractivity contribution in [3.63, 3.8) is 0 Å². The van der Waals surface area contributed by atoms with Crippen molar-refractivity contribution in [2.45, 2.75) is 51.2 Å². The number of amides is 1. The van der Waals surface area contributed by atoms with Crippen molar-refractivity contribution in [3.8, 4) is 0 Å². The minimum atomic E-state index is -0.0498. The van der Waals surface area contributed by atoms with E-state index in [0.29, 0.717) is 0 Å². The average molecular weight is 295 g/mol. The van der Waals surface area contributed by atoms with Gasteiger partial charge in [0.25, 0.3) is 0 Å². The van der Waals surface area contributed by atoms with Gasteiger partial charge in [-0.05, 0) is 50.2 Å². The molecule has 3 N–H and O–H groups in total. The number of nitrogens with one attached hydrogen (secondary N) is 1. The van der Waals surface area contributed by atoms with E-state index in [9.17, 15) is 4.79 Å². The molecule has 2 rings (SSSR count). The summed E-state index contributed by atoms with van der Waals surface area (Å²) in [6.45, 7) is 5.11. The number of carbonyl (C=O) groups excluding carboxylic acids is 1. The van der Waals surface area contributed by atoms with Gasteiger partial charge in [0.05, 0.1) is 12.1 Å². The SMILES string of the molecule is CNC(=O)C1CCCCN1C(c1sccc1C)C(C)N. The maximum Gasteiger partial charge on any atom is 0.237 e. The van der Waals surface area contributed by atoms with E-state index < -0.39 is 0 Å². The van der Waals surface area contributed by atoms with Gasteiger partial charge in [-0.1, -0.05) is 6.42 Å². The standard InChI is InChI=1S/C15H25N3OS/c1-10-7-9-20-14(10)13(11(2)16)18-8-5-4-6-12(18)15(19)17-3/h7,9,11-13H,4-6,8,16H2,1-3H3,(H,17,19). The zero-order chi connectivity index (χ0) is 14.7. The molecule has 1 aliphatic heterocycles. The second-order valence-corrected chi connectivity index (χ2v) is 6.58. The molecule has 1 fully saturated rings. The number of carbonyl (C=O) groups is 1. The molecule has 20 heavy (non-hydrogen) atoms. The number of rotatable bonds is 4. The number of likely N-dealkylation sites (tertiary alicyclic amines) is 1. The maximum absolute atomic E-state index is 12.2. The summed E-state index contributed by atoms with van der Waals surface area (Å²) in [5.74, 6) is 0.115. The fraction of sp³-hybridized carbons (Fsp3) is 0.667. The lowest BCUT2D eigenvalue weighted by Gasteiger charge is -2.41. The summed E-state index contributed by atoms with van der Waals surface area (Å²) in [5.41, 5.74) is 7.54. The van der Waals surface area contributed by atoms with Gasteiger partial charge in [-0.15, -0.1) is 11.3 Å². The molecule has 2 heterocycles. The Hall–Kier alpha value is -0.910. The van der Waals surface area contributed by atoms with Crippen LogP contribution in [0.5, 0.6) is 0 Å². The van der Waals surface area contributed by atoms with E-state index in [1.807, 2.05) is 6.92 Å². The van der Waals surface area contributed by atoms with Crippen molar-refractivity contribution < 1.29 is 4.79 Å². The second kappa shape index (κ2) is 6.70. The van der Waals surface area contributed by atoms with Crippen LogP contribution in [-0.4, -0.2) is 36.5 Å². The Morgan fingerprint density at radius 2 is 2.30 bits per heavy atom. The Morgan fingerprint density at radius 3 is 2.85 bits per heavy atom. The van der Waals surface area contributed by atoms with Crippen LogP contribution in [0.2, 0.25) is 0 Å². The predicted octanol–water partition coefficient (Wildman–Crippen LogP) is 2.05. The highest BCUT2D eigenvalue weighted by molar-refractivity contribution is 7.10. The number of hydrogen-bond donors (Lipinski definition) is 2. The number of aryl methyl sites for hydroxylation is 1. The van der Waals surface area contributed by atoms with Crippen molar-refractivity contribution in [1.82, 2.24) is 10.2 Å². The lowest BCUT2D eigenvalue weighted by atomic mass is 9.95. The van der Waals surface area contributed by atoms with Crippen LogP contribution >= 0.6 is 11.3 Å². The molecule has 0 bridgehead atoms. The minimum absolute atomic E-state index is 0.0117. The summed E-state index contributed by atoms with van der Waals surface area (Å²) in [6.07, 6.45) is 3.18. The molecule has 3 atom stereocenters. The van der Waals surface area contributed by atoms with Crippen molar-refractivity contribution in [3.05, 3.63) is 21.9 Å². The summed E-state index contributed by atoms with van der Waals surface area (Å²) in [4.78, 5) is 15.8. The Kier molecular flexibility index (Phi) is 5.18. The second-order valence-electron chi connectivity index (χ2n) is 5.64. The van der Waals surface area contributed by atoms with E-state index >= 15 is 0 Å². The molecule has 1 aromatic rings. The molecule has 0 aromatic carbocycles. The number of piperidine rings is 1. The molecular weight excluding hydrogens is 270 g/mol. The normalized spacial score (nSPS) is 23.3. The van der Waals surface area contributed by atoms with E-state index in [-0.39, 0.29) is 24.0 Å². The Labute approximate surface area is 125 Å². The zero-order valence-electron chi connectivity index (χ0n) is 12.6. The largest absolute Gasteiger partial charge is 0.358 e. The van der Waals surface area contributed by atoms with Gasteiger partial charge >= 0.3 is 0 Å². The van der Waals surface area contributed by atoms with Crippen molar-refractivity contribution in [2.75, 3.05) is 13.6 Å². The molecule has 1 amide bonds. The van der Waals surface area contributed by atoms with Crippen LogP contribution < -0.4 is 11.1 Å². The van der Waals surface area contributed by atoms with Crippen LogP contribution in [0.4, 0.5) is 0 Å².